The zero-order valence-electron chi connectivity index (χ0n) is 15.2. The summed E-state index contributed by atoms with van der Waals surface area (Å²) in [5, 5.41) is 8.22. The minimum Gasteiger partial charge on any atom is -0.278 e. The molecule has 3 aromatic carbocycles. The molecular weight excluding hydrogens is 348 g/mol. The number of aliphatic imine (C=N–C) groups is 2. The van der Waals surface area contributed by atoms with E-state index in [1.807, 2.05) is 84.9 Å². The Morgan fingerprint density at radius 1 is 0.464 bits per heavy atom. The Hall–Kier alpha value is -4.06. The summed E-state index contributed by atoms with van der Waals surface area (Å²) >= 11 is 0. The molecule has 6 nitrogen and oxygen atoms in total. The van der Waals surface area contributed by atoms with Crippen LogP contribution in [0.1, 0.15) is 0 Å². The number of nitrogens with zero attached hydrogens (tertiary/aromatic N) is 4. The largest absolute Gasteiger partial charge is 0.278 e. The molecule has 0 radical (unpaired) electrons. The molecule has 0 saturated heterocycles. The molecule has 3 aromatic rings. The summed E-state index contributed by atoms with van der Waals surface area (Å²) in [5.74, 6) is 0. The third kappa shape index (κ3) is 6.34. The average Bonchev–Trinajstić information content (AvgIpc) is 2.76. The van der Waals surface area contributed by atoms with Gasteiger partial charge in [-0.3, -0.25) is 20.8 Å². The van der Waals surface area contributed by atoms with Crippen molar-refractivity contribution < 1.29 is 0 Å². The van der Waals surface area contributed by atoms with Crippen LogP contribution < -0.4 is 10.9 Å². The summed E-state index contributed by atoms with van der Waals surface area (Å²) in [7, 11) is 0. The predicted octanol–water partition coefficient (Wildman–Crippen LogP) is 5.29. The molecule has 0 aliphatic rings. The molecule has 28 heavy (non-hydrogen) atoms. The van der Waals surface area contributed by atoms with Crippen molar-refractivity contribution in [2.75, 3.05) is 10.9 Å². The first-order chi connectivity index (χ1) is 13.9. The maximum absolute atomic E-state index is 4.40. The average molecular weight is 368 g/mol. The molecule has 0 aromatic heterocycles. The van der Waals surface area contributed by atoms with E-state index in [0.29, 0.717) is 0 Å². The fourth-order valence-electron chi connectivity index (χ4n) is 2.23. The molecule has 0 spiro atoms. The molecule has 0 bridgehead atoms. The summed E-state index contributed by atoms with van der Waals surface area (Å²) in [4.78, 5) is 8.79. The number of hydrazone groups is 2. The second kappa shape index (κ2) is 10.8. The molecule has 6 heteroatoms. The van der Waals surface area contributed by atoms with Gasteiger partial charge in [0, 0.05) is 12.4 Å². The minimum atomic E-state index is 0.745. The lowest BCUT2D eigenvalue weighted by Crippen LogP contribution is -1.89. The SMILES string of the molecule is C(C=Nc1ccccc1N=CC=NNc1ccccc1)=NNc1ccccc1. The molecule has 0 aliphatic heterocycles. The lowest BCUT2D eigenvalue weighted by molar-refractivity contribution is 1.36. The van der Waals surface area contributed by atoms with Gasteiger partial charge in [0.2, 0.25) is 0 Å². The monoisotopic (exact) mass is 368 g/mol. The molecule has 0 amide bonds. The zero-order chi connectivity index (χ0) is 19.3. The van der Waals surface area contributed by atoms with Crippen LogP contribution in [0.2, 0.25) is 0 Å². The molecule has 0 saturated carbocycles. The van der Waals surface area contributed by atoms with Gasteiger partial charge >= 0.3 is 0 Å². The summed E-state index contributed by atoms with van der Waals surface area (Å²) in [6, 6.07) is 27.0. The van der Waals surface area contributed by atoms with Crippen molar-refractivity contribution in [2.45, 2.75) is 0 Å². The van der Waals surface area contributed by atoms with Crippen molar-refractivity contribution in [3.63, 3.8) is 0 Å². The van der Waals surface area contributed by atoms with E-state index in [2.05, 4.69) is 31.0 Å². The molecule has 2 N–H and O–H groups in total. The Kier molecular flexibility index (Phi) is 7.24. The van der Waals surface area contributed by atoms with E-state index in [-0.39, 0.29) is 0 Å². The molecule has 0 aliphatic carbocycles. The maximum Gasteiger partial charge on any atom is 0.0886 e. The van der Waals surface area contributed by atoms with Crippen LogP contribution in [-0.4, -0.2) is 24.9 Å². The molecular formula is C22H20N6. The smallest absolute Gasteiger partial charge is 0.0886 e. The van der Waals surface area contributed by atoms with Crippen LogP contribution in [0.5, 0.6) is 0 Å². The Morgan fingerprint density at radius 3 is 1.29 bits per heavy atom. The van der Waals surface area contributed by atoms with Crippen molar-refractivity contribution in [1.29, 1.82) is 0 Å². The van der Waals surface area contributed by atoms with Gasteiger partial charge in [-0.2, -0.15) is 10.2 Å². The highest BCUT2D eigenvalue weighted by atomic mass is 15.3. The third-order valence-electron chi connectivity index (χ3n) is 3.53. The van der Waals surface area contributed by atoms with Crippen molar-refractivity contribution in [1.82, 2.24) is 0 Å². The number of rotatable bonds is 8. The summed E-state index contributed by atoms with van der Waals surface area (Å²) in [6.07, 6.45) is 6.43. The molecule has 0 fully saturated rings. The number of hydrogen-bond donors (Lipinski definition) is 2. The number of anilines is 2. The van der Waals surface area contributed by atoms with Crippen LogP contribution in [0.4, 0.5) is 22.7 Å². The number of hydrogen-bond acceptors (Lipinski definition) is 6. The second-order valence-corrected chi connectivity index (χ2v) is 5.56. The summed E-state index contributed by atoms with van der Waals surface area (Å²) in [6.45, 7) is 0. The Bertz CT molecular complexity index is 882. The number of nitrogens with one attached hydrogen (secondary N) is 2. The van der Waals surface area contributed by atoms with Crippen LogP contribution in [-0.2, 0) is 0 Å². The van der Waals surface area contributed by atoms with E-state index in [0.717, 1.165) is 22.7 Å². The Labute approximate surface area is 164 Å². The lowest BCUT2D eigenvalue weighted by Gasteiger charge is -1.99. The summed E-state index contributed by atoms with van der Waals surface area (Å²) < 4.78 is 0. The first kappa shape index (κ1) is 18.7. The topological polar surface area (TPSA) is 73.5 Å². The highest BCUT2D eigenvalue weighted by Gasteiger charge is 1.95. The van der Waals surface area contributed by atoms with Crippen LogP contribution in [0.3, 0.4) is 0 Å². The maximum atomic E-state index is 4.40. The van der Waals surface area contributed by atoms with Crippen molar-refractivity contribution in [3.05, 3.63) is 84.9 Å². The fourth-order valence-corrected chi connectivity index (χ4v) is 2.23. The van der Waals surface area contributed by atoms with E-state index in [9.17, 15) is 0 Å². The van der Waals surface area contributed by atoms with E-state index >= 15 is 0 Å². The van der Waals surface area contributed by atoms with Crippen LogP contribution in [0.25, 0.3) is 0 Å². The standard InChI is InChI=1S/C22H20N6/c1-3-9-19(10-4-1)27-25-17-15-23-21-13-7-8-14-22(21)24-16-18-26-28-20-11-5-2-6-12-20/h1-18,27-28H. The molecule has 0 heterocycles. The van der Waals surface area contributed by atoms with Crippen molar-refractivity contribution in [2.24, 2.45) is 20.2 Å². The van der Waals surface area contributed by atoms with Gasteiger partial charge in [-0.1, -0.05) is 48.5 Å². The minimum absolute atomic E-state index is 0.745. The third-order valence-corrected chi connectivity index (χ3v) is 3.53. The van der Waals surface area contributed by atoms with E-state index in [4.69, 9.17) is 0 Å². The van der Waals surface area contributed by atoms with Gasteiger partial charge in [0.1, 0.15) is 0 Å². The van der Waals surface area contributed by atoms with E-state index in [1.165, 1.54) is 0 Å². The molecule has 0 atom stereocenters. The second-order valence-electron chi connectivity index (χ2n) is 5.56. The Balaban J connectivity index is 1.55. The van der Waals surface area contributed by atoms with Crippen molar-refractivity contribution >= 4 is 47.6 Å². The number of benzene rings is 3. The van der Waals surface area contributed by atoms with Gasteiger partial charge in [0.25, 0.3) is 0 Å². The normalized spacial score (nSPS) is 11.7. The van der Waals surface area contributed by atoms with Gasteiger partial charge in [-0.05, 0) is 36.4 Å². The van der Waals surface area contributed by atoms with Crippen LogP contribution in [0, 0.1) is 0 Å². The van der Waals surface area contributed by atoms with Gasteiger partial charge in [-0.25, -0.2) is 0 Å². The van der Waals surface area contributed by atoms with Gasteiger partial charge < -0.3 is 0 Å². The van der Waals surface area contributed by atoms with Crippen LogP contribution >= 0.6 is 0 Å². The van der Waals surface area contributed by atoms with Crippen molar-refractivity contribution in [3.8, 4) is 0 Å². The molecule has 3 rings (SSSR count). The number of para-hydroxylation sites is 4. The van der Waals surface area contributed by atoms with Gasteiger partial charge in [-0.15, -0.1) is 0 Å². The highest BCUT2D eigenvalue weighted by molar-refractivity contribution is 6.18. The first-order valence-corrected chi connectivity index (χ1v) is 8.74. The van der Waals surface area contributed by atoms with Crippen LogP contribution in [0.15, 0.2) is 105 Å². The zero-order valence-corrected chi connectivity index (χ0v) is 15.2. The lowest BCUT2D eigenvalue weighted by atomic mass is 10.3. The quantitative estimate of drug-likeness (QED) is 0.419. The molecule has 0 unspecified atom stereocenters. The van der Waals surface area contributed by atoms with Gasteiger partial charge in [0.05, 0.1) is 35.2 Å². The van der Waals surface area contributed by atoms with E-state index < -0.39 is 0 Å². The summed E-state index contributed by atoms with van der Waals surface area (Å²) in [5.41, 5.74) is 9.19. The highest BCUT2D eigenvalue weighted by Crippen LogP contribution is 2.26. The first-order valence-electron chi connectivity index (χ1n) is 8.74. The molecule has 138 valence electrons. The Morgan fingerprint density at radius 2 is 0.857 bits per heavy atom. The van der Waals surface area contributed by atoms with E-state index in [1.54, 1.807) is 24.9 Å². The fraction of sp³-hybridized carbons (Fsp3) is 0. The predicted molar refractivity (Wildman–Crippen MR) is 120 cm³/mol. The van der Waals surface area contributed by atoms with Gasteiger partial charge in [0.15, 0.2) is 0 Å².